The number of aromatic nitrogens is 2. The van der Waals surface area contributed by atoms with E-state index in [1.54, 1.807) is 6.07 Å². The van der Waals surface area contributed by atoms with Crippen LogP contribution in [0.2, 0.25) is 5.02 Å². The number of halogens is 1. The maximum atomic E-state index is 11.0. The van der Waals surface area contributed by atoms with Crippen molar-refractivity contribution in [3.8, 4) is 0 Å². The van der Waals surface area contributed by atoms with E-state index >= 15 is 0 Å². The number of aryl methyl sites for hydroxylation is 1. The highest BCUT2D eigenvalue weighted by Crippen LogP contribution is 2.20. The van der Waals surface area contributed by atoms with Crippen LogP contribution in [0, 0.1) is 6.92 Å². The van der Waals surface area contributed by atoms with Crippen molar-refractivity contribution < 1.29 is 0 Å². The third-order valence-electron chi connectivity index (χ3n) is 1.90. The summed E-state index contributed by atoms with van der Waals surface area (Å²) in [5.41, 5.74) is 0.987. The van der Waals surface area contributed by atoms with Crippen molar-refractivity contribution in [3.63, 3.8) is 0 Å². The number of H-pyrrole nitrogens is 1. The van der Waals surface area contributed by atoms with Crippen molar-refractivity contribution >= 4 is 22.5 Å². The first-order valence-electron chi connectivity index (χ1n) is 3.83. The number of hydrogen-bond acceptors (Lipinski definition) is 2. The van der Waals surface area contributed by atoms with Gasteiger partial charge in [0.15, 0.2) is 0 Å². The number of rotatable bonds is 0. The van der Waals surface area contributed by atoms with Crippen LogP contribution in [0.3, 0.4) is 0 Å². The van der Waals surface area contributed by atoms with Gasteiger partial charge < -0.3 is 4.98 Å². The van der Waals surface area contributed by atoms with E-state index < -0.39 is 0 Å². The summed E-state index contributed by atoms with van der Waals surface area (Å²) in [6, 6.07) is 5.42. The lowest BCUT2D eigenvalue weighted by Crippen LogP contribution is -2.11. The smallest absolute Gasteiger partial charge is 0.309 e. The first-order valence-corrected chi connectivity index (χ1v) is 4.21. The Morgan fingerprint density at radius 2 is 2.23 bits per heavy atom. The summed E-state index contributed by atoms with van der Waals surface area (Å²) in [5.74, 6) is 0. The molecule has 66 valence electrons. The summed E-state index contributed by atoms with van der Waals surface area (Å²) in [5, 5.41) is 1.39. The molecule has 2 rings (SSSR count). The van der Waals surface area contributed by atoms with E-state index in [0.717, 1.165) is 11.1 Å². The minimum Gasteiger partial charge on any atom is -0.309 e. The zero-order chi connectivity index (χ0) is 9.42. The van der Waals surface area contributed by atoms with Gasteiger partial charge >= 0.3 is 5.69 Å². The molecule has 0 aliphatic carbocycles. The van der Waals surface area contributed by atoms with Crippen molar-refractivity contribution in [2.45, 2.75) is 6.92 Å². The number of aromatic amines is 1. The van der Waals surface area contributed by atoms with Gasteiger partial charge in [0.1, 0.15) is 0 Å². The normalized spacial score (nSPS) is 10.6. The molecule has 0 unspecified atom stereocenters. The lowest BCUT2D eigenvalue weighted by Gasteiger charge is -2.00. The molecule has 0 atom stereocenters. The number of fused-ring (bicyclic) bond motifs is 1. The average Bonchev–Trinajstić information content (AvgIpc) is 2.07. The molecule has 1 aromatic carbocycles. The monoisotopic (exact) mass is 194 g/mol. The van der Waals surface area contributed by atoms with E-state index in [2.05, 4.69) is 9.97 Å². The first-order chi connectivity index (χ1) is 6.18. The van der Waals surface area contributed by atoms with Crippen molar-refractivity contribution in [1.82, 2.24) is 9.97 Å². The average molecular weight is 195 g/mol. The van der Waals surface area contributed by atoms with Gasteiger partial charge in [0.2, 0.25) is 0 Å². The molecule has 1 aromatic heterocycles. The molecule has 1 N–H and O–H groups in total. The number of para-hydroxylation sites is 1. The van der Waals surface area contributed by atoms with Crippen LogP contribution in [0.5, 0.6) is 0 Å². The predicted molar refractivity (Wildman–Crippen MR) is 52.1 cm³/mol. The molecule has 4 heteroatoms. The molecule has 0 saturated heterocycles. The summed E-state index contributed by atoms with van der Waals surface area (Å²) >= 11 is 5.89. The number of hydrogen-bond donors (Lipinski definition) is 1. The third-order valence-corrected chi connectivity index (χ3v) is 2.20. The lowest BCUT2D eigenvalue weighted by molar-refractivity contribution is 1.07. The Balaban J connectivity index is 3.03. The number of benzene rings is 1. The summed E-state index contributed by atoms with van der Waals surface area (Å²) in [4.78, 5) is 17.4. The van der Waals surface area contributed by atoms with Gasteiger partial charge in [-0.3, -0.25) is 0 Å². The molecular formula is C9H7ClN2O. The molecule has 0 aliphatic rings. The van der Waals surface area contributed by atoms with Crippen LogP contribution in [0.15, 0.2) is 23.0 Å². The number of nitrogens with one attached hydrogen (secondary N) is 1. The fourth-order valence-electron chi connectivity index (χ4n) is 1.29. The summed E-state index contributed by atoms with van der Waals surface area (Å²) < 4.78 is 0. The fraction of sp³-hybridized carbons (Fsp3) is 0.111. The van der Waals surface area contributed by atoms with Crippen LogP contribution in [0.4, 0.5) is 0 Å². The second-order valence-electron chi connectivity index (χ2n) is 2.80. The molecular weight excluding hydrogens is 188 g/mol. The minimum absolute atomic E-state index is 0.363. The van der Waals surface area contributed by atoms with Crippen LogP contribution in [0.1, 0.15) is 5.69 Å². The Kier molecular flexibility index (Phi) is 1.81. The van der Waals surface area contributed by atoms with Gasteiger partial charge in [0, 0.05) is 11.1 Å². The molecule has 0 bridgehead atoms. The maximum Gasteiger partial charge on any atom is 0.345 e. The van der Waals surface area contributed by atoms with Crippen LogP contribution in [-0.4, -0.2) is 9.97 Å². The molecule has 0 amide bonds. The molecule has 0 radical (unpaired) electrons. The van der Waals surface area contributed by atoms with Crippen molar-refractivity contribution in [2.24, 2.45) is 0 Å². The van der Waals surface area contributed by atoms with Gasteiger partial charge in [-0.2, -0.15) is 4.98 Å². The van der Waals surface area contributed by atoms with Gasteiger partial charge in [0.25, 0.3) is 0 Å². The van der Waals surface area contributed by atoms with Crippen LogP contribution in [-0.2, 0) is 0 Å². The third kappa shape index (κ3) is 1.31. The van der Waals surface area contributed by atoms with Gasteiger partial charge in [-0.05, 0) is 13.0 Å². The maximum absolute atomic E-state index is 11.0. The van der Waals surface area contributed by atoms with Gasteiger partial charge in [-0.25, -0.2) is 4.79 Å². The lowest BCUT2D eigenvalue weighted by atomic mass is 10.2. The van der Waals surface area contributed by atoms with E-state index in [1.807, 2.05) is 19.1 Å². The van der Waals surface area contributed by atoms with E-state index in [0.29, 0.717) is 10.5 Å². The molecule has 0 fully saturated rings. The van der Waals surface area contributed by atoms with E-state index in [9.17, 15) is 4.79 Å². The van der Waals surface area contributed by atoms with Crippen molar-refractivity contribution in [3.05, 3.63) is 39.4 Å². The van der Waals surface area contributed by atoms with Gasteiger partial charge in [0.05, 0.1) is 10.5 Å². The molecule has 2 aromatic rings. The zero-order valence-electron chi connectivity index (χ0n) is 6.97. The standard InChI is InChI=1S/C9H7ClN2O/c1-5-6-3-2-4-7(10)8(6)12-9(13)11-5/h2-4H,1H3,(H,11,12,13). The number of nitrogens with zero attached hydrogens (tertiary/aromatic N) is 1. The summed E-state index contributed by atoms with van der Waals surface area (Å²) in [7, 11) is 0. The summed E-state index contributed by atoms with van der Waals surface area (Å²) in [6.45, 7) is 1.82. The molecule has 0 aliphatic heterocycles. The van der Waals surface area contributed by atoms with Gasteiger partial charge in [-0.1, -0.05) is 23.7 Å². The SMILES string of the molecule is Cc1[nH]c(=O)nc2c(Cl)cccc12. The minimum atomic E-state index is -0.363. The zero-order valence-corrected chi connectivity index (χ0v) is 7.72. The Morgan fingerprint density at radius 3 is 3.00 bits per heavy atom. The largest absolute Gasteiger partial charge is 0.345 e. The molecule has 13 heavy (non-hydrogen) atoms. The Hall–Kier alpha value is -1.35. The van der Waals surface area contributed by atoms with Crippen molar-refractivity contribution in [1.29, 1.82) is 0 Å². The highest BCUT2D eigenvalue weighted by atomic mass is 35.5. The predicted octanol–water partition coefficient (Wildman–Crippen LogP) is 1.88. The van der Waals surface area contributed by atoms with E-state index in [4.69, 9.17) is 11.6 Å². The van der Waals surface area contributed by atoms with Crippen LogP contribution >= 0.6 is 11.6 Å². The Bertz CT molecular complexity index is 518. The van der Waals surface area contributed by atoms with Crippen molar-refractivity contribution in [2.75, 3.05) is 0 Å². The second-order valence-corrected chi connectivity index (χ2v) is 3.21. The fourth-order valence-corrected chi connectivity index (χ4v) is 1.51. The van der Waals surface area contributed by atoms with E-state index in [-0.39, 0.29) is 5.69 Å². The quantitative estimate of drug-likeness (QED) is 0.696. The topological polar surface area (TPSA) is 45.8 Å². The highest BCUT2D eigenvalue weighted by Gasteiger charge is 2.03. The summed E-state index contributed by atoms with van der Waals surface area (Å²) in [6.07, 6.45) is 0. The molecule has 3 nitrogen and oxygen atoms in total. The first kappa shape index (κ1) is 8.26. The van der Waals surface area contributed by atoms with Gasteiger partial charge in [-0.15, -0.1) is 0 Å². The Labute approximate surface area is 79.4 Å². The highest BCUT2D eigenvalue weighted by molar-refractivity contribution is 6.35. The Morgan fingerprint density at radius 1 is 1.46 bits per heavy atom. The molecule has 0 saturated carbocycles. The molecule has 0 spiro atoms. The second kappa shape index (κ2) is 2.85. The van der Waals surface area contributed by atoms with Crippen LogP contribution in [0.25, 0.3) is 10.9 Å². The molecule has 1 heterocycles. The van der Waals surface area contributed by atoms with E-state index in [1.165, 1.54) is 0 Å². The van der Waals surface area contributed by atoms with Crippen LogP contribution < -0.4 is 5.69 Å².